The number of anilines is 1. The van der Waals surface area contributed by atoms with Crippen molar-refractivity contribution in [3.05, 3.63) is 42.1 Å². The molecule has 1 aliphatic carbocycles. The van der Waals surface area contributed by atoms with Crippen molar-refractivity contribution in [3.8, 4) is 0 Å². The molecule has 1 aromatic carbocycles. The number of benzene rings is 1. The first-order chi connectivity index (χ1) is 14.7. The summed E-state index contributed by atoms with van der Waals surface area (Å²) in [5.74, 6) is -3.74. The highest BCUT2D eigenvalue weighted by molar-refractivity contribution is 8.01. The lowest BCUT2D eigenvalue weighted by molar-refractivity contribution is -0.133. The first-order valence-corrected chi connectivity index (χ1v) is 11.9. The molecule has 2 N–H and O–H groups in total. The number of amides is 2. The molecule has 2 aromatic rings. The summed E-state index contributed by atoms with van der Waals surface area (Å²) in [6, 6.07) is 6.64. The van der Waals surface area contributed by atoms with Crippen LogP contribution in [0.3, 0.4) is 0 Å². The van der Waals surface area contributed by atoms with Crippen molar-refractivity contribution in [3.63, 3.8) is 0 Å². The Morgan fingerprint density at radius 2 is 1.94 bits per heavy atom. The fraction of sp³-hybridized carbons (Fsp3) is 0.476. The third-order valence-corrected chi connectivity index (χ3v) is 7.38. The molecule has 1 saturated carbocycles. The minimum absolute atomic E-state index is 0.120. The zero-order chi connectivity index (χ0) is 22.4. The Labute approximate surface area is 188 Å². The van der Waals surface area contributed by atoms with E-state index in [-0.39, 0.29) is 22.5 Å². The standard InChI is InChI=1S/C21H25F2N3O3S2/c1-14-7-9-16(10-8-14)26(13-21(22,23)15-5-3-2-4-6-15)20(29)25-19-24-11-18(31-19)30-12-17(27)28/h2-6,11,14,16H,7-10,12-13H2,1H3,(H,27,28)(H,24,25,29)/t14-,16-. The fourth-order valence-corrected chi connectivity index (χ4v) is 5.17. The van der Waals surface area contributed by atoms with Gasteiger partial charge in [0.15, 0.2) is 5.13 Å². The van der Waals surface area contributed by atoms with Gasteiger partial charge in [-0.05, 0) is 31.6 Å². The number of alkyl halides is 2. The number of aliphatic carboxylic acids is 1. The van der Waals surface area contributed by atoms with E-state index in [0.29, 0.717) is 23.0 Å². The average molecular weight is 470 g/mol. The molecular weight excluding hydrogens is 444 g/mol. The Kier molecular flexibility index (Phi) is 7.88. The van der Waals surface area contributed by atoms with Crippen LogP contribution in [0.1, 0.15) is 38.2 Å². The maximum atomic E-state index is 15.0. The third-order valence-electron chi connectivity index (χ3n) is 5.29. The molecule has 1 fully saturated rings. The van der Waals surface area contributed by atoms with Gasteiger partial charge in [-0.15, -0.1) is 11.8 Å². The number of rotatable bonds is 8. The van der Waals surface area contributed by atoms with Gasteiger partial charge < -0.3 is 10.0 Å². The molecule has 1 heterocycles. The molecule has 1 aromatic heterocycles. The number of nitrogens with zero attached hydrogens (tertiary/aromatic N) is 2. The number of carbonyl (C=O) groups is 2. The number of thiazole rings is 1. The van der Waals surface area contributed by atoms with Gasteiger partial charge in [0.25, 0.3) is 5.92 Å². The van der Waals surface area contributed by atoms with Crippen LogP contribution in [-0.2, 0) is 10.7 Å². The van der Waals surface area contributed by atoms with Crippen molar-refractivity contribution in [2.24, 2.45) is 5.92 Å². The molecule has 0 spiro atoms. The Morgan fingerprint density at radius 3 is 2.58 bits per heavy atom. The van der Waals surface area contributed by atoms with E-state index < -0.39 is 24.5 Å². The number of carboxylic acid groups (broad SMARTS) is 1. The van der Waals surface area contributed by atoms with Gasteiger partial charge in [0.05, 0.1) is 22.7 Å². The van der Waals surface area contributed by atoms with Crippen molar-refractivity contribution >= 4 is 40.2 Å². The summed E-state index contributed by atoms with van der Waals surface area (Å²) >= 11 is 2.22. The molecule has 0 radical (unpaired) electrons. The summed E-state index contributed by atoms with van der Waals surface area (Å²) in [5.41, 5.74) is -0.126. The molecule has 0 unspecified atom stereocenters. The number of thioether (sulfide) groups is 1. The Balaban J connectivity index is 1.74. The van der Waals surface area contributed by atoms with E-state index in [1.807, 2.05) is 0 Å². The molecule has 0 bridgehead atoms. The lowest BCUT2D eigenvalue weighted by Gasteiger charge is -2.37. The zero-order valence-electron chi connectivity index (χ0n) is 17.1. The van der Waals surface area contributed by atoms with Crippen LogP contribution in [0.5, 0.6) is 0 Å². The van der Waals surface area contributed by atoms with E-state index in [0.717, 1.165) is 35.9 Å². The average Bonchev–Trinajstić information content (AvgIpc) is 3.19. The van der Waals surface area contributed by atoms with Gasteiger partial charge in [-0.3, -0.25) is 10.1 Å². The summed E-state index contributed by atoms with van der Waals surface area (Å²) in [6.07, 6.45) is 4.60. The summed E-state index contributed by atoms with van der Waals surface area (Å²) in [7, 11) is 0. The number of halogens is 2. The molecule has 0 atom stereocenters. The minimum Gasteiger partial charge on any atom is -0.481 e. The van der Waals surface area contributed by atoms with E-state index in [9.17, 15) is 9.59 Å². The lowest BCUT2D eigenvalue weighted by Crippen LogP contribution is -2.49. The molecule has 0 saturated heterocycles. The van der Waals surface area contributed by atoms with E-state index in [1.165, 1.54) is 23.2 Å². The number of carbonyl (C=O) groups excluding carboxylic acids is 1. The van der Waals surface area contributed by atoms with Crippen LogP contribution < -0.4 is 5.32 Å². The van der Waals surface area contributed by atoms with Gasteiger partial charge >= 0.3 is 12.0 Å². The first-order valence-electron chi connectivity index (χ1n) is 10.1. The van der Waals surface area contributed by atoms with Gasteiger partial charge in [0.2, 0.25) is 0 Å². The number of nitrogens with one attached hydrogen (secondary N) is 1. The second-order valence-electron chi connectivity index (χ2n) is 7.71. The van der Waals surface area contributed by atoms with Gasteiger partial charge in [0.1, 0.15) is 0 Å². The summed E-state index contributed by atoms with van der Waals surface area (Å²) < 4.78 is 30.7. The Bertz CT molecular complexity index is 887. The maximum absolute atomic E-state index is 15.0. The van der Waals surface area contributed by atoms with Crippen LogP contribution in [0.25, 0.3) is 0 Å². The van der Waals surface area contributed by atoms with Crippen molar-refractivity contribution in [2.45, 2.75) is 48.8 Å². The van der Waals surface area contributed by atoms with E-state index in [4.69, 9.17) is 5.11 Å². The molecule has 0 aliphatic heterocycles. The van der Waals surface area contributed by atoms with E-state index in [2.05, 4.69) is 17.2 Å². The van der Waals surface area contributed by atoms with Crippen molar-refractivity contribution in [2.75, 3.05) is 17.6 Å². The van der Waals surface area contributed by atoms with Gasteiger partial charge in [-0.1, -0.05) is 48.6 Å². The van der Waals surface area contributed by atoms with Crippen molar-refractivity contribution in [1.82, 2.24) is 9.88 Å². The quantitative estimate of drug-likeness (QED) is 0.497. The van der Waals surface area contributed by atoms with Crippen molar-refractivity contribution in [1.29, 1.82) is 0 Å². The van der Waals surface area contributed by atoms with Crippen LogP contribution in [0.4, 0.5) is 18.7 Å². The molecule has 1 aliphatic rings. The monoisotopic (exact) mass is 469 g/mol. The zero-order valence-corrected chi connectivity index (χ0v) is 18.7. The van der Waals surface area contributed by atoms with Gasteiger partial charge in [0, 0.05) is 11.6 Å². The highest BCUT2D eigenvalue weighted by Gasteiger charge is 2.39. The lowest BCUT2D eigenvalue weighted by atomic mass is 9.86. The predicted molar refractivity (Wildman–Crippen MR) is 118 cm³/mol. The minimum atomic E-state index is -3.19. The summed E-state index contributed by atoms with van der Waals surface area (Å²) in [5, 5.41) is 11.7. The highest BCUT2D eigenvalue weighted by Crippen LogP contribution is 2.34. The first kappa shape index (κ1) is 23.5. The molecule has 3 rings (SSSR count). The second kappa shape index (κ2) is 10.4. The van der Waals surface area contributed by atoms with Crippen LogP contribution in [0.15, 0.2) is 40.7 Å². The topological polar surface area (TPSA) is 82.5 Å². The molecule has 10 heteroatoms. The van der Waals surface area contributed by atoms with E-state index >= 15 is 8.78 Å². The molecule has 31 heavy (non-hydrogen) atoms. The third kappa shape index (κ3) is 6.64. The summed E-state index contributed by atoms with van der Waals surface area (Å²) in [6.45, 7) is 1.42. The van der Waals surface area contributed by atoms with Crippen LogP contribution in [0.2, 0.25) is 0 Å². The SMILES string of the molecule is C[C@H]1CC[C@H](N(CC(F)(F)c2ccccc2)C(=O)Nc2ncc(SCC(=O)O)s2)CC1. The molecular formula is C21H25F2N3O3S2. The van der Waals surface area contributed by atoms with E-state index in [1.54, 1.807) is 18.2 Å². The Hall–Kier alpha value is -2.20. The summed E-state index contributed by atoms with van der Waals surface area (Å²) in [4.78, 5) is 29.1. The number of hydrogen-bond acceptors (Lipinski definition) is 5. The van der Waals surface area contributed by atoms with Gasteiger partial charge in [-0.2, -0.15) is 8.78 Å². The highest BCUT2D eigenvalue weighted by atomic mass is 32.2. The maximum Gasteiger partial charge on any atom is 0.324 e. The van der Waals surface area contributed by atoms with Crippen molar-refractivity contribution < 1.29 is 23.5 Å². The van der Waals surface area contributed by atoms with Gasteiger partial charge in [-0.25, -0.2) is 9.78 Å². The second-order valence-corrected chi connectivity index (χ2v) is 10.0. The predicted octanol–water partition coefficient (Wildman–Crippen LogP) is 5.52. The van der Waals surface area contributed by atoms with Crippen LogP contribution >= 0.6 is 23.1 Å². The largest absolute Gasteiger partial charge is 0.481 e. The number of urea groups is 1. The Morgan fingerprint density at radius 1 is 1.26 bits per heavy atom. The van der Waals surface area contributed by atoms with Crippen LogP contribution in [0, 0.1) is 5.92 Å². The molecule has 6 nitrogen and oxygen atoms in total. The number of hydrogen-bond donors (Lipinski definition) is 2. The normalized spacial score (nSPS) is 19.1. The number of carboxylic acids is 1. The van der Waals surface area contributed by atoms with Crippen LogP contribution in [-0.4, -0.2) is 45.3 Å². The smallest absolute Gasteiger partial charge is 0.324 e. The molecule has 168 valence electrons. The number of aromatic nitrogens is 1. The molecule has 2 amide bonds. The fourth-order valence-electron chi connectivity index (χ4n) is 3.59.